The lowest BCUT2D eigenvalue weighted by Gasteiger charge is -2.13. The number of ether oxygens (including phenoxy) is 1. The lowest BCUT2D eigenvalue weighted by molar-refractivity contribution is -0.136. The molecule has 1 aliphatic rings. The number of nitrogens with one attached hydrogen (secondary N) is 1. The maximum atomic E-state index is 13.0. The van der Waals surface area contributed by atoms with Gasteiger partial charge in [0.25, 0.3) is 11.8 Å². The summed E-state index contributed by atoms with van der Waals surface area (Å²) in [5.41, 5.74) is 3.07. The number of para-hydroxylation sites is 1. The van der Waals surface area contributed by atoms with Crippen molar-refractivity contribution in [2.24, 2.45) is 0 Å². The van der Waals surface area contributed by atoms with Crippen molar-refractivity contribution >= 4 is 23.1 Å². The van der Waals surface area contributed by atoms with E-state index in [1.165, 1.54) is 4.90 Å². The fourth-order valence-corrected chi connectivity index (χ4v) is 3.07. The van der Waals surface area contributed by atoms with Gasteiger partial charge in [0.05, 0.1) is 11.7 Å². The van der Waals surface area contributed by atoms with Gasteiger partial charge in [-0.15, -0.1) is 6.58 Å². The van der Waals surface area contributed by atoms with Gasteiger partial charge in [-0.1, -0.05) is 36.4 Å². The van der Waals surface area contributed by atoms with Crippen LogP contribution in [0.25, 0.3) is 5.57 Å². The first kappa shape index (κ1) is 19.4. The zero-order valence-corrected chi connectivity index (χ0v) is 16.4. The van der Waals surface area contributed by atoms with E-state index in [-0.39, 0.29) is 30.2 Å². The number of carbonyl (C=O) groups excluding carboxylic acids is 2. The van der Waals surface area contributed by atoms with E-state index in [0.29, 0.717) is 16.9 Å². The van der Waals surface area contributed by atoms with Crippen LogP contribution in [0.3, 0.4) is 0 Å². The summed E-state index contributed by atoms with van der Waals surface area (Å²) in [7, 11) is 0. The van der Waals surface area contributed by atoms with Crippen LogP contribution in [-0.2, 0) is 9.59 Å². The summed E-state index contributed by atoms with van der Waals surface area (Å²) >= 11 is 0. The summed E-state index contributed by atoms with van der Waals surface area (Å²) in [5, 5.41) is 3.18. The minimum atomic E-state index is -0.356. The first-order chi connectivity index (χ1) is 13.4. The highest BCUT2D eigenvalue weighted by molar-refractivity contribution is 6.36. The molecule has 1 N–H and O–H groups in total. The van der Waals surface area contributed by atoms with Crippen molar-refractivity contribution in [2.75, 3.05) is 11.9 Å². The summed E-state index contributed by atoms with van der Waals surface area (Å²) in [5.74, 6) is 0.0247. The molecule has 3 rings (SSSR count). The van der Waals surface area contributed by atoms with Crippen LogP contribution >= 0.6 is 0 Å². The van der Waals surface area contributed by atoms with Gasteiger partial charge in [-0.2, -0.15) is 0 Å². The highest BCUT2D eigenvalue weighted by Gasteiger charge is 2.38. The number of hydrogen-bond acceptors (Lipinski definition) is 4. The fourth-order valence-electron chi connectivity index (χ4n) is 3.07. The molecule has 2 aromatic carbocycles. The second kappa shape index (κ2) is 8.13. The van der Waals surface area contributed by atoms with Crippen LogP contribution in [0.1, 0.15) is 25.0 Å². The first-order valence-corrected chi connectivity index (χ1v) is 9.23. The summed E-state index contributed by atoms with van der Waals surface area (Å²) in [4.78, 5) is 27.1. The van der Waals surface area contributed by atoms with Crippen LogP contribution < -0.4 is 10.1 Å². The van der Waals surface area contributed by atoms with E-state index in [4.69, 9.17) is 4.74 Å². The van der Waals surface area contributed by atoms with E-state index >= 15 is 0 Å². The Labute approximate surface area is 165 Å². The van der Waals surface area contributed by atoms with Gasteiger partial charge >= 0.3 is 0 Å². The van der Waals surface area contributed by atoms with Gasteiger partial charge in [0.2, 0.25) is 0 Å². The fraction of sp³-hybridized carbons (Fsp3) is 0.217. The second-order valence-electron chi connectivity index (χ2n) is 6.89. The summed E-state index contributed by atoms with van der Waals surface area (Å²) in [6.45, 7) is 9.66. The van der Waals surface area contributed by atoms with E-state index in [1.54, 1.807) is 18.2 Å². The Morgan fingerprint density at radius 3 is 2.36 bits per heavy atom. The highest BCUT2D eigenvalue weighted by Crippen LogP contribution is 2.32. The molecule has 0 saturated carbocycles. The zero-order valence-electron chi connectivity index (χ0n) is 16.4. The molecule has 0 fully saturated rings. The van der Waals surface area contributed by atoms with Gasteiger partial charge in [0.15, 0.2) is 0 Å². The minimum absolute atomic E-state index is 0.0566. The number of carbonyl (C=O) groups is 2. The van der Waals surface area contributed by atoms with E-state index in [0.717, 1.165) is 11.3 Å². The van der Waals surface area contributed by atoms with E-state index < -0.39 is 0 Å². The van der Waals surface area contributed by atoms with Crippen molar-refractivity contribution in [1.29, 1.82) is 0 Å². The third-order valence-corrected chi connectivity index (χ3v) is 4.40. The largest absolute Gasteiger partial charge is 0.491 e. The van der Waals surface area contributed by atoms with Crippen LogP contribution in [-0.4, -0.2) is 29.4 Å². The monoisotopic (exact) mass is 376 g/mol. The molecule has 0 unspecified atom stereocenters. The van der Waals surface area contributed by atoms with Crippen molar-refractivity contribution in [2.45, 2.75) is 26.9 Å². The maximum absolute atomic E-state index is 13.0. The predicted octanol–water partition coefficient (Wildman–Crippen LogP) is 4.16. The molecule has 1 aliphatic heterocycles. The number of benzene rings is 2. The van der Waals surface area contributed by atoms with Crippen molar-refractivity contribution in [3.05, 3.63) is 78.0 Å². The van der Waals surface area contributed by atoms with E-state index in [2.05, 4.69) is 11.9 Å². The predicted molar refractivity (Wildman–Crippen MR) is 111 cm³/mol. The van der Waals surface area contributed by atoms with Gasteiger partial charge in [-0.05, 0) is 50.1 Å². The Balaban J connectivity index is 2.04. The highest BCUT2D eigenvalue weighted by atomic mass is 16.5. The number of anilines is 1. The molecule has 2 amide bonds. The van der Waals surface area contributed by atoms with Gasteiger partial charge in [0.1, 0.15) is 11.4 Å². The second-order valence-corrected chi connectivity index (χ2v) is 6.89. The van der Waals surface area contributed by atoms with Gasteiger partial charge in [-0.3, -0.25) is 14.5 Å². The molecule has 144 valence electrons. The molecule has 5 nitrogen and oxygen atoms in total. The Hall–Kier alpha value is -3.34. The lowest BCUT2D eigenvalue weighted by atomic mass is 10.0. The van der Waals surface area contributed by atoms with Crippen molar-refractivity contribution < 1.29 is 14.3 Å². The number of aryl methyl sites for hydroxylation is 1. The topological polar surface area (TPSA) is 58.6 Å². The van der Waals surface area contributed by atoms with Crippen LogP contribution in [0.5, 0.6) is 5.75 Å². The summed E-state index contributed by atoms with van der Waals surface area (Å²) in [6, 6.07) is 14.9. The SMILES string of the molecule is C=CCN1C(=O)C(Nc2ccccc2C)=C(c2ccc(OC(C)C)cc2)C1=O. The Bertz CT molecular complexity index is 943. The van der Waals surface area contributed by atoms with Crippen molar-refractivity contribution in [1.82, 2.24) is 4.90 Å². The number of hydrogen-bond donors (Lipinski definition) is 1. The number of imide groups is 1. The molecule has 0 bridgehead atoms. The molecule has 0 atom stereocenters. The molecular weight excluding hydrogens is 352 g/mol. The van der Waals surface area contributed by atoms with Crippen LogP contribution in [0, 0.1) is 6.92 Å². The van der Waals surface area contributed by atoms with Crippen molar-refractivity contribution in [3.8, 4) is 5.75 Å². The summed E-state index contributed by atoms with van der Waals surface area (Å²) < 4.78 is 5.67. The van der Waals surface area contributed by atoms with Crippen molar-refractivity contribution in [3.63, 3.8) is 0 Å². The average Bonchev–Trinajstić information content (AvgIpc) is 2.89. The Morgan fingerprint density at radius 2 is 1.75 bits per heavy atom. The molecule has 28 heavy (non-hydrogen) atoms. The number of amides is 2. The molecule has 1 heterocycles. The van der Waals surface area contributed by atoms with Gasteiger partial charge in [-0.25, -0.2) is 0 Å². The molecule has 5 heteroatoms. The molecule has 0 radical (unpaired) electrons. The number of rotatable bonds is 7. The number of nitrogens with zero attached hydrogens (tertiary/aromatic N) is 1. The molecule has 0 aliphatic carbocycles. The molecule has 0 aromatic heterocycles. The minimum Gasteiger partial charge on any atom is -0.491 e. The third kappa shape index (κ3) is 3.83. The summed E-state index contributed by atoms with van der Waals surface area (Å²) in [6.07, 6.45) is 1.60. The van der Waals surface area contributed by atoms with Crippen LogP contribution in [0.15, 0.2) is 66.9 Å². The van der Waals surface area contributed by atoms with Crippen LogP contribution in [0.2, 0.25) is 0 Å². The Morgan fingerprint density at radius 1 is 1.07 bits per heavy atom. The molecular formula is C23H24N2O3. The van der Waals surface area contributed by atoms with Crippen LogP contribution in [0.4, 0.5) is 5.69 Å². The third-order valence-electron chi connectivity index (χ3n) is 4.40. The van der Waals surface area contributed by atoms with E-state index in [9.17, 15) is 9.59 Å². The molecule has 0 saturated heterocycles. The van der Waals surface area contributed by atoms with Gasteiger partial charge in [0, 0.05) is 12.2 Å². The molecule has 2 aromatic rings. The van der Waals surface area contributed by atoms with Gasteiger partial charge < -0.3 is 10.1 Å². The maximum Gasteiger partial charge on any atom is 0.278 e. The average molecular weight is 376 g/mol. The normalized spacial score (nSPS) is 14.1. The zero-order chi connectivity index (χ0) is 20.3. The molecule has 0 spiro atoms. The lowest BCUT2D eigenvalue weighted by Crippen LogP contribution is -2.32. The first-order valence-electron chi connectivity index (χ1n) is 9.23. The standard InChI is InChI=1S/C23H24N2O3/c1-5-14-25-22(26)20(17-10-12-18(13-11-17)28-15(2)3)21(23(25)27)24-19-9-7-6-8-16(19)4/h5-13,15,24H,1,14H2,2-4H3. The quantitative estimate of drug-likeness (QED) is 0.582. The van der Waals surface area contributed by atoms with E-state index in [1.807, 2.05) is 57.2 Å². The smallest absolute Gasteiger partial charge is 0.278 e. The Kier molecular flexibility index (Phi) is 5.64.